The van der Waals surface area contributed by atoms with Crippen LogP contribution in [-0.4, -0.2) is 19.1 Å². The topological polar surface area (TPSA) is 48.8 Å². The minimum absolute atomic E-state index is 0.714. The van der Waals surface area contributed by atoms with Crippen LogP contribution in [0.25, 0.3) is 99.4 Å². The Balaban J connectivity index is 1.21. The maximum absolute atomic E-state index is 6.40. The third-order valence-corrected chi connectivity index (χ3v) is 10.2. The second kappa shape index (κ2) is 10.8. The fourth-order valence-corrected chi connectivity index (χ4v) is 7.95. The molecule has 0 aliphatic carbocycles. The standard InChI is InChI=1S/C46H28N4O/c1-3-11-29(12-4-1)46-47-27-31(28-48-46)30-19-21-37-41(25-30)50(33-20-22-35-34-15-8-10-18-42(34)51-43(35)26-33)40-24-23-39-44(45(37)40)36-16-7-9-17-38(36)49(39)32-13-5-2-6-14-32/h1-28H. The molecule has 11 rings (SSSR count). The normalized spacial score (nSPS) is 11.9. The number of furan rings is 1. The van der Waals surface area contributed by atoms with E-state index >= 15 is 0 Å². The zero-order valence-electron chi connectivity index (χ0n) is 27.4. The smallest absolute Gasteiger partial charge is 0.159 e. The molecular weight excluding hydrogens is 625 g/mol. The number of para-hydroxylation sites is 3. The van der Waals surface area contributed by atoms with Crippen LogP contribution < -0.4 is 0 Å². The molecule has 0 radical (unpaired) electrons. The van der Waals surface area contributed by atoms with E-state index in [0.29, 0.717) is 5.82 Å². The maximum atomic E-state index is 6.40. The number of hydrogen-bond donors (Lipinski definition) is 0. The molecule has 51 heavy (non-hydrogen) atoms. The summed E-state index contributed by atoms with van der Waals surface area (Å²) < 4.78 is 11.2. The molecule has 0 fully saturated rings. The van der Waals surface area contributed by atoms with Crippen molar-refractivity contribution < 1.29 is 4.42 Å². The van der Waals surface area contributed by atoms with E-state index in [1.165, 1.54) is 32.6 Å². The van der Waals surface area contributed by atoms with E-state index < -0.39 is 0 Å². The van der Waals surface area contributed by atoms with Gasteiger partial charge in [-0.2, -0.15) is 0 Å². The van der Waals surface area contributed by atoms with Crippen molar-refractivity contribution in [3.63, 3.8) is 0 Å². The van der Waals surface area contributed by atoms with Gasteiger partial charge in [0.2, 0.25) is 0 Å². The van der Waals surface area contributed by atoms with Gasteiger partial charge < -0.3 is 13.6 Å². The van der Waals surface area contributed by atoms with Gasteiger partial charge >= 0.3 is 0 Å². The largest absolute Gasteiger partial charge is 0.456 e. The van der Waals surface area contributed by atoms with E-state index in [1.54, 1.807) is 0 Å². The third kappa shape index (κ3) is 4.15. The summed E-state index contributed by atoms with van der Waals surface area (Å²) in [5.41, 5.74) is 11.6. The van der Waals surface area contributed by atoms with Crippen LogP contribution in [0.3, 0.4) is 0 Å². The van der Waals surface area contributed by atoms with Crippen LogP contribution in [0.5, 0.6) is 0 Å². The van der Waals surface area contributed by atoms with E-state index in [9.17, 15) is 0 Å². The van der Waals surface area contributed by atoms with Crippen LogP contribution in [0.1, 0.15) is 0 Å². The molecule has 5 heteroatoms. The van der Waals surface area contributed by atoms with Crippen LogP contribution in [0.2, 0.25) is 0 Å². The van der Waals surface area contributed by atoms with Crippen molar-refractivity contribution >= 4 is 65.6 Å². The summed E-state index contributed by atoms with van der Waals surface area (Å²) >= 11 is 0. The minimum atomic E-state index is 0.714. The van der Waals surface area contributed by atoms with Gasteiger partial charge in [-0.1, -0.05) is 97.1 Å². The van der Waals surface area contributed by atoms with Gasteiger partial charge in [0.25, 0.3) is 0 Å². The van der Waals surface area contributed by atoms with Crippen molar-refractivity contribution in [1.82, 2.24) is 19.1 Å². The fourth-order valence-electron chi connectivity index (χ4n) is 7.95. The zero-order valence-corrected chi connectivity index (χ0v) is 27.4. The van der Waals surface area contributed by atoms with Crippen molar-refractivity contribution in [3.05, 3.63) is 170 Å². The highest BCUT2D eigenvalue weighted by molar-refractivity contribution is 6.29. The molecule has 0 aliphatic rings. The summed E-state index contributed by atoms with van der Waals surface area (Å²) in [7, 11) is 0. The molecule has 0 saturated carbocycles. The van der Waals surface area contributed by atoms with E-state index in [0.717, 1.165) is 61.0 Å². The highest BCUT2D eigenvalue weighted by atomic mass is 16.3. The van der Waals surface area contributed by atoms with Gasteiger partial charge in [-0.3, -0.25) is 0 Å². The van der Waals surface area contributed by atoms with E-state index in [1.807, 2.05) is 54.9 Å². The second-order valence-corrected chi connectivity index (χ2v) is 13.0. The van der Waals surface area contributed by atoms with Gasteiger partial charge in [0.05, 0.1) is 22.1 Å². The van der Waals surface area contributed by atoms with Crippen molar-refractivity contribution in [2.24, 2.45) is 0 Å². The van der Waals surface area contributed by atoms with Gasteiger partial charge in [0, 0.05) is 73.3 Å². The first kappa shape index (κ1) is 27.9. The molecule has 0 amide bonds. The zero-order chi connectivity index (χ0) is 33.5. The van der Waals surface area contributed by atoms with Gasteiger partial charge in [0.15, 0.2) is 5.82 Å². The van der Waals surface area contributed by atoms with Gasteiger partial charge in [-0.15, -0.1) is 0 Å². The number of aromatic nitrogens is 4. The van der Waals surface area contributed by atoms with Crippen LogP contribution in [0.4, 0.5) is 0 Å². The minimum Gasteiger partial charge on any atom is -0.456 e. The molecule has 4 heterocycles. The molecule has 4 aromatic heterocycles. The lowest BCUT2D eigenvalue weighted by Crippen LogP contribution is -1.95. The Morgan fingerprint density at radius 2 is 0.980 bits per heavy atom. The van der Waals surface area contributed by atoms with E-state index in [-0.39, 0.29) is 0 Å². The first-order valence-electron chi connectivity index (χ1n) is 17.2. The number of rotatable bonds is 4. The molecule has 0 atom stereocenters. The molecule has 0 unspecified atom stereocenters. The van der Waals surface area contributed by atoms with Crippen LogP contribution in [0.15, 0.2) is 175 Å². The fraction of sp³-hybridized carbons (Fsp3) is 0. The van der Waals surface area contributed by atoms with Crippen LogP contribution in [0, 0.1) is 0 Å². The average Bonchev–Trinajstić information content (AvgIpc) is 3.85. The number of fused-ring (bicyclic) bond motifs is 10. The lowest BCUT2D eigenvalue weighted by molar-refractivity contribution is 0.668. The molecule has 7 aromatic carbocycles. The Morgan fingerprint density at radius 1 is 0.373 bits per heavy atom. The Hall–Kier alpha value is -6.98. The number of benzene rings is 7. The highest BCUT2D eigenvalue weighted by Gasteiger charge is 2.21. The molecule has 11 aromatic rings. The summed E-state index contributed by atoms with van der Waals surface area (Å²) in [6.07, 6.45) is 3.85. The maximum Gasteiger partial charge on any atom is 0.159 e. The molecule has 0 aliphatic heterocycles. The lowest BCUT2D eigenvalue weighted by Gasteiger charge is -2.10. The first-order valence-corrected chi connectivity index (χ1v) is 17.2. The van der Waals surface area contributed by atoms with Crippen molar-refractivity contribution in [2.75, 3.05) is 0 Å². The predicted molar refractivity (Wildman–Crippen MR) is 209 cm³/mol. The van der Waals surface area contributed by atoms with E-state index in [4.69, 9.17) is 14.4 Å². The predicted octanol–water partition coefficient (Wildman–Crippen LogP) is 11.9. The Bertz CT molecular complexity index is 3120. The first-order chi connectivity index (χ1) is 25.3. The Kier molecular flexibility index (Phi) is 5.89. The van der Waals surface area contributed by atoms with Gasteiger partial charge in [-0.05, 0) is 60.2 Å². The quantitative estimate of drug-likeness (QED) is 0.190. The lowest BCUT2D eigenvalue weighted by atomic mass is 10.0. The second-order valence-electron chi connectivity index (χ2n) is 13.0. The SMILES string of the molecule is c1ccc(-c2ncc(-c3ccc4c5c6c7ccccc7n(-c7ccccc7)c6ccc5n(-c5ccc6c(c5)oc5ccccc56)c4c3)cn2)cc1. The monoisotopic (exact) mass is 652 g/mol. The van der Waals surface area contributed by atoms with E-state index in [2.05, 4.69) is 124 Å². The molecule has 0 bridgehead atoms. The Morgan fingerprint density at radius 3 is 1.76 bits per heavy atom. The summed E-state index contributed by atoms with van der Waals surface area (Å²) in [4.78, 5) is 9.51. The van der Waals surface area contributed by atoms with Crippen molar-refractivity contribution in [3.8, 4) is 33.9 Å². The van der Waals surface area contributed by atoms with Crippen molar-refractivity contribution in [2.45, 2.75) is 0 Å². The molecule has 5 nitrogen and oxygen atoms in total. The number of hydrogen-bond acceptors (Lipinski definition) is 3. The highest BCUT2D eigenvalue weighted by Crippen LogP contribution is 2.43. The molecule has 0 saturated heterocycles. The van der Waals surface area contributed by atoms with Gasteiger partial charge in [-0.25, -0.2) is 9.97 Å². The summed E-state index contributed by atoms with van der Waals surface area (Å²) in [5.74, 6) is 0.714. The number of nitrogens with zero attached hydrogens (tertiary/aromatic N) is 4. The van der Waals surface area contributed by atoms with Crippen molar-refractivity contribution in [1.29, 1.82) is 0 Å². The van der Waals surface area contributed by atoms with Crippen LogP contribution in [-0.2, 0) is 0 Å². The third-order valence-electron chi connectivity index (χ3n) is 10.2. The summed E-state index contributed by atoms with van der Waals surface area (Å²) in [6.45, 7) is 0. The molecule has 0 spiro atoms. The molecular formula is C46H28N4O. The molecule has 0 N–H and O–H groups in total. The summed E-state index contributed by atoms with van der Waals surface area (Å²) in [5, 5.41) is 7.10. The average molecular weight is 653 g/mol. The van der Waals surface area contributed by atoms with Crippen LogP contribution >= 0.6 is 0 Å². The van der Waals surface area contributed by atoms with Gasteiger partial charge in [0.1, 0.15) is 11.2 Å². The Labute approximate surface area is 292 Å². The summed E-state index contributed by atoms with van der Waals surface area (Å²) in [6, 6.07) is 55.6. The molecule has 238 valence electrons.